The fourth-order valence-electron chi connectivity index (χ4n) is 4.00. The quantitative estimate of drug-likeness (QED) is 0.781. The second kappa shape index (κ2) is 7.38. The molecule has 0 aliphatic carbocycles. The second-order valence-electron chi connectivity index (χ2n) is 8.58. The molecule has 0 atom stereocenters. The number of ether oxygens (including phenoxy) is 1. The molecule has 0 N–H and O–H groups in total. The molecule has 28 heavy (non-hydrogen) atoms. The zero-order chi connectivity index (χ0) is 19.7. The lowest BCUT2D eigenvalue weighted by molar-refractivity contribution is 0.0243. The molecule has 0 saturated heterocycles. The van der Waals surface area contributed by atoms with Gasteiger partial charge in [0.1, 0.15) is 5.60 Å². The van der Waals surface area contributed by atoms with Crippen molar-refractivity contribution < 1.29 is 9.53 Å². The standard InChI is InChI=1S/C23H29N3O2/c1-23(2,3)28-22(27)26-15-13-24-12-14-25(16-18-8-5-4-6-9-18)20-11-7-10-19(17-26)21(20)24/h4-11H,12-17H2,1-3H3. The van der Waals surface area contributed by atoms with Crippen molar-refractivity contribution in [3.05, 3.63) is 59.7 Å². The Hall–Kier alpha value is -2.69. The second-order valence-corrected chi connectivity index (χ2v) is 8.58. The number of para-hydroxylation sites is 1. The van der Waals surface area contributed by atoms with Crippen LogP contribution in [0.3, 0.4) is 0 Å². The lowest BCUT2D eigenvalue weighted by Gasteiger charge is -2.39. The maximum absolute atomic E-state index is 12.7. The van der Waals surface area contributed by atoms with E-state index in [1.807, 2.05) is 25.7 Å². The minimum Gasteiger partial charge on any atom is -0.444 e. The minimum atomic E-state index is -0.478. The van der Waals surface area contributed by atoms with Gasteiger partial charge in [0.2, 0.25) is 0 Å². The minimum absolute atomic E-state index is 0.230. The molecule has 0 fully saturated rings. The Kier molecular flexibility index (Phi) is 4.92. The highest BCUT2D eigenvalue weighted by molar-refractivity contribution is 5.78. The summed E-state index contributed by atoms with van der Waals surface area (Å²) < 4.78 is 5.62. The highest BCUT2D eigenvalue weighted by Gasteiger charge is 2.31. The van der Waals surface area contributed by atoms with Crippen molar-refractivity contribution >= 4 is 17.5 Å². The number of anilines is 2. The number of nitrogens with zero attached hydrogens (tertiary/aromatic N) is 3. The summed E-state index contributed by atoms with van der Waals surface area (Å²) in [5.74, 6) is 0. The molecule has 2 heterocycles. The summed E-state index contributed by atoms with van der Waals surface area (Å²) >= 11 is 0. The first-order chi connectivity index (χ1) is 13.4. The molecule has 0 radical (unpaired) electrons. The van der Waals surface area contributed by atoms with Crippen LogP contribution in [0.5, 0.6) is 0 Å². The van der Waals surface area contributed by atoms with Gasteiger partial charge in [-0.2, -0.15) is 0 Å². The number of carbonyl (C=O) groups is 1. The Morgan fingerprint density at radius 1 is 0.964 bits per heavy atom. The van der Waals surface area contributed by atoms with Crippen LogP contribution in [0.2, 0.25) is 0 Å². The van der Waals surface area contributed by atoms with E-state index >= 15 is 0 Å². The van der Waals surface area contributed by atoms with Crippen LogP contribution in [0.4, 0.5) is 16.2 Å². The van der Waals surface area contributed by atoms with Gasteiger partial charge in [-0.3, -0.25) is 0 Å². The molecule has 4 rings (SSSR count). The van der Waals surface area contributed by atoms with E-state index in [2.05, 4.69) is 58.3 Å². The zero-order valence-electron chi connectivity index (χ0n) is 17.0. The van der Waals surface area contributed by atoms with Crippen LogP contribution in [0.25, 0.3) is 0 Å². The Morgan fingerprint density at radius 2 is 1.71 bits per heavy atom. The molecule has 2 aliphatic heterocycles. The Bertz CT molecular complexity index is 845. The topological polar surface area (TPSA) is 36.0 Å². The molecule has 0 bridgehead atoms. The summed E-state index contributed by atoms with van der Waals surface area (Å²) in [6.07, 6.45) is -0.230. The average Bonchev–Trinajstić information content (AvgIpc) is 2.84. The first-order valence-electron chi connectivity index (χ1n) is 10.0. The molecule has 0 spiro atoms. The summed E-state index contributed by atoms with van der Waals surface area (Å²) in [5, 5.41) is 0. The van der Waals surface area contributed by atoms with Crippen molar-refractivity contribution in [3.8, 4) is 0 Å². The molecular weight excluding hydrogens is 350 g/mol. The molecule has 0 saturated carbocycles. The smallest absolute Gasteiger partial charge is 0.410 e. The Morgan fingerprint density at radius 3 is 2.46 bits per heavy atom. The lowest BCUT2D eigenvalue weighted by atomic mass is 10.1. The Balaban J connectivity index is 1.60. The molecule has 148 valence electrons. The molecule has 2 aliphatic rings. The fraction of sp³-hybridized carbons (Fsp3) is 0.435. The van der Waals surface area contributed by atoms with Crippen LogP contribution in [-0.4, -0.2) is 42.8 Å². The highest BCUT2D eigenvalue weighted by Crippen LogP contribution is 2.39. The van der Waals surface area contributed by atoms with Crippen molar-refractivity contribution in [2.45, 2.75) is 39.5 Å². The first kappa shape index (κ1) is 18.7. The van der Waals surface area contributed by atoms with Gasteiger partial charge in [0.15, 0.2) is 0 Å². The summed E-state index contributed by atoms with van der Waals surface area (Å²) in [7, 11) is 0. The summed E-state index contributed by atoms with van der Waals surface area (Å²) in [6.45, 7) is 10.7. The summed E-state index contributed by atoms with van der Waals surface area (Å²) in [5.41, 5.74) is 4.57. The van der Waals surface area contributed by atoms with Crippen molar-refractivity contribution in [1.82, 2.24) is 4.90 Å². The average molecular weight is 380 g/mol. The number of hydrogen-bond donors (Lipinski definition) is 0. The number of benzene rings is 2. The van der Waals surface area contributed by atoms with Gasteiger partial charge in [0.25, 0.3) is 0 Å². The zero-order valence-corrected chi connectivity index (χ0v) is 17.0. The van der Waals surface area contributed by atoms with Crippen molar-refractivity contribution in [2.75, 3.05) is 36.0 Å². The first-order valence-corrected chi connectivity index (χ1v) is 10.0. The summed E-state index contributed by atoms with van der Waals surface area (Å²) in [4.78, 5) is 19.4. The van der Waals surface area contributed by atoms with Gasteiger partial charge >= 0.3 is 6.09 Å². The van der Waals surface area contributed by atoms with Crippen molar-refractivity contribution in [3.63, 3.8) is 0 Å². The molecule has 5 heteroatoms. The number of amides is 1. The van der Waals surface area contributed by atoms with Gasteiger partial charge in [-0.15, -0.1) is 0 Å². The van der Waals surface area contributed by atoms with Gasteiger partial charge in [0, 0.05) is 32.7 Å². The van der Waals surface area contributed by atoms with E-state index in [9.17, 15) is 4.79 Å². The number of hydrogen-bond acceptors (Lipinski definition) is 4. The molecule has 5 nitrogen and oxygen atoms in total. The van der Waals surface area contributed by atoms with E-state index in [0.29, 0.717) is 13.1 Å². The SMILES string of the molecule is CC(C)(C)OC(=O)N1CCN2CCN(Cc3ccccc3)c3cccc(c32)C1. The molecule has 2 aromatic rings. The van der Waals surface area contributed by atoms with Crippen LogP contribution < -0.4 is 9.80 Å². The van der Waals surface area contributed by atoms with Crippen LogP contribution in [-0.2, 0) is 17.8 Å². The van der Waals surface area contributed by atoms with E-state index in [-0.39, 0.29) is 6.09 Å². The molecular formula is C23H29N3O2. The van der Waals surface area contributed by atoms with Crippen molar-refractivity contribution in [2.24, 2.45) is 0 Å². The van der Waals surface area contributed by atoms with Gasteiger partial charge in [-0.05, 0) is 38.0 Å². The molecule has 0 unspecified atom stereocenters. The maximum Gasteiger partial charge on any atom is 0.410 e. The van der Waals surface area contributed by atoms with E-state index in [4.69, 9.17) is 4.74 Å². The van der Waals surface area contributed by atoms with Crippen LogP contribution in [0.1, 0.15) is 31.9 Å². The fourth-order valence-corrected chi connectivity index (χ4v) is 4.00. The van der Waals surface area contributed by atoms with Gasteiger partial charge in [-0.25, -0.2) is 4.79 Å². The number of rotatable bonds is 2. The third kappa shape index (κ3) is 3.93. The maximum atomic E-state index is 12.7. The monoisotopic (exact) mass is 379 g/mol. The molecule has 2 aromatic carbocycles. The summed E-state index contributed by atoms with van der Waals surface area (Å²) in [6, 6.07) is 17.1. The lowest BCUT2D eigenvalue weighted by Crippen LogP contribution is -2.43. The van der Waals surface area contributed by atoms with Crippen LogP contribution in [0, 0.1) is 0 Å². The van der Waals surface area contributed by atoms with E-state index in [0.717, 1.165) is 26.2 Å². The normalized spacial score (nSPS) is 16.5. The molecule has 1 amide bonds. The third-order valence-corrected chi connectivity index (χ3v) is 5.26. The van der Waals surface area contributed by atoms with Gasteiger partial charge < -0.3 is 19.4 Å². The predicted molar refractivity (Wildman–Crippen MR) is 113 cm³/mol. The third-order valence-electron chi connectivity index (χ3n) is 5.26. The van der Waals surface area contributed by atoms with Crippen LogP contribution >= 0.6 is 0 Å². The number of carbonyl (C=O) groups excluding carboxylic acids is 1. The molecule has 0 aromatic heterocycles. The van der Waals surface area contributed by atoms with Crippen molar-refractivity contribution in [1.29, 1.82) is 0 Å². The van der Waals surface area contributed by atoms with Gasteiger partial charge in [0.05, 0.1) is 17.9 Å². The Labute approximate surface area is 167 Å². The van der Waals surface area contributed by atoms with Gasteiger partial charge in [-0.1, -0.05) is 42.5 Å². The van der Waals surface area contributed by atoms with E-state index < -0.39 is 5.60 Å². The predicted octanol–water partition coefficient (Wildman–Crippen LogP) is 4.26. The van der Waals surface area contributed by atoms with E-state index in [1.54, 1.807) is 0 Å². The highest BCUT2D eigenvalue weighted by atomic mass is 16.6. The van der Waals surface area contributed by atoms with E-state index in [1.165, 1.54) is 22.5 Å². The largest absolute Gasteiger partial charge is 0.444 e. The van der Waals surface area contributed by atoms with Crippen LogP contribution in [0.15, 0.2) is 48.5 Å².